The zero-order valence-electron chi connectivity index (χ0n) is 59.9. The number of alkyl halides is 3. The highest BCUT2D eigenvalue weighted by Crippen LogP contribution is 2.40. The molecule has 0 saturated carbocycles. The summed E-state index contributed by atoms with van der Waals surface area (Å²) in [4.78, 5) is 40.2. The number of amides is 2. The van der Waals surface area contributed by atoms with Crippen molar-refractivity contribution in [3.05, 3.63) is 251 Å². The van der Waals surface area contributed by atoms with E-state index in [1.54, 1.807) is 11.8 Å². The van der Waals surface area contributed by atoms with Crippen molar-refractivity contribution in [1.82, 2.24) is 10.6 Å². The molecule has 0 aromatic heterocycles. The number of rotatable bonds is 38. The predicted octanol–water partition coefficient (Wildman–Crippen LogP) is 10.2. The fourth-order valence-electron chi connectivity index (χ4n) is 12.5. The van der Waals surface area contributed by atoms with E-state index in [9.17, 15) is 32.2 Å². The molecule has 3 aliphatic heterocycles. The molecule has 0 spiro atoms. The van der Waals surface area contributed by atoms with Crippen LogP contribution in [-0.2, 0) is 127 Å². The van der Waals surface area contributed by atoms with Crippen molar-refractivity contribution in [3.8, 4) is 0 Å². The van der Waals surface area contributed by atoms with Crippen LogP contribution in [-0.4, -0.2) is 156 Å². The molecule has 10 rings (SSSR count). The maximum atomic E-state index is 13.7. The van der Waals surface area contributed by atoms with Crippen molar-refractivity contribution in [1.29, 1.82) is 0 Å². The van der Waals surface area contributed by atoms with Crippen molar-refractivity contribution in [3.63, 3.8) is 0 Å². The number of benzene rings is 7. The molecule has 16 atom stereocenters. The molecule has 0 bridgehead atoms. The zero-order valence-corrected chi connectivity index (χ0v) is 60.8. The van der Waals surface area contributed by atoms with Gasteiger partial charge in [0.2, 0.25) is 5.91 Å². The Hall–Kier alpha value is -7.27. The highest BCUT2D eigenvalue weighted by molar-refractivity contribution is 7.30. The third-order valence-electron chi connectivity index (χ3n) is 18.0. The van der Waals surface area contributed by atoms with E-state index in [-0.39, 0.29) is 72.5 Å². The van der Waals surface area contributed by atoms with Gasteiger partial charge in [0.25, 0.3) is 0 Å². The summed E-state index contributed by atoms with van der Waals surface area (Å²) in [6, 6.07) is 64.3. The Morgan fingerprint density at radius 1 is 0.457 bits per heavy atom. The first kappa shape index (κ1) is 81.8. The molecular weight excluding hydrogens is 1380 g/mol. The Labute approximate surface area is 614 Å². The average Bonchev–Trinajstić information content (AvgIpc) is 0.764. The van der Waals surface area contributed by atoms with E-state index in [4.69, 9.17) is 66.1 Å². The first-order valence-electron chi connectivity index (χ1n) is 35.7. The highest BCUT2D eigenvalue weighted by Gasteiger charge is 2.58. The molecule has 2 amide bonds. The minimum atomic E-state index is -5.11. The Balaban J connectivity index is 0.00000173. The van der Waals surface area contributed by atoms with E-state index < -0.39 is 125 Å². The molecule has 105 heavy (non-hydrogen) atoms. The number of hydrogen-bond acceptors (Lipinski definition) is 18. The molecule has 0 aliphatic carbocycles. The quantitative estimate of drug-likeness (QED) is 0.0241. The molecule has 3 heterocycles. The minimum Gasteiger partial charge on any atom is -0.566 e. The van der Waals surface area contributed by atoms with E-state index in [1.165, 1.54) is 26.6 Å². The summed E-state index contributed by atoms with van der Waals surface area (Å²) in [6.45, 7) is 12.6. The third kappa shape index (κ3) is 26.3. The maximum Gasteiger partial charge on any atom is 0.488 e. The molecule has 3 aliphatic rings. The number of carbonyl (C=O) groups excluding carboxylic acids is 2. The molecule has 3 N–H and O–H groups in total. The number of hydrogen-bond donors (Lipinski definition) is 3. The summed E-state index contributed by atoms with van der Waals surface area (Å²) in [5.41, 5.74) is 5.49. The van der Waals surface area contributed by atoms with Crippen LogP contribution in [0.1, 0.15) is 80.0 Å². The topological polar surface area (TPSA) is 232 Å². The number of nitrogens with one attached hydrogen (secondary N) is 3. The van der Waals surface area contributed by atoms with Gasteiger partial charge < -0.3 is 82.0 Å². The van der Waals surface area contributed by atoms with Crippen LogP contribution in [0.5, 0.6) is 0 Å². The van der Waals surface area contributed by atoms with Crippen LogP contribution in [0.15, 0.2) is 212 Å². The van der Waals surface area contributed by atoms with Gasteiger partial charge in [0, 0.05) is 13.5 Å². The van der Waals surface area contributed by atoms with Crippen LogP contribution in [0, 0.1) is 0 Å². The van der Waals surface area contributed by atoms with E-state index in [0.29, 0.717) is 0 Å². The van der Waals surface area contributed by atoms with E-state index >= 15 is 0 Å². The molecule has 25 heteroatoms. The lowest BCUT2D eigenvalue weighted by Crippen LogP contribution is -3.11. The number of carbonyl (C=O) groups is 2. The molecule has 3 fully saturated rings. The van der Waals surface area contributed by atoms with Gasteiger partial charge in [-0.3, -0.25) is 9.59 Å². The van der Waals surface area contributed by atoms with E-state index in [0.717, 1.165) is 38.9 Å². The molecule has 21 nitrogen and oxygen atoms in total. The summed E-state index contributed by atoms with van der Waals surface area (Å²) in [5.74, 6) is -2.65. The Kier molecular flexibility index (Phi) is 33.9. The maximum absolute atomic E-state index is 13.7. The molecule has 0 radical (unpaired) electrons. The van der Waals surface area contributed by atoms with Gasteiger partial charge in [-0.25, -0.2) is 0 Å². The second kappa shape index (κ2) is 43.5. The lowest BCUT2D eigenvalue weighted by Gasteiger charge is -2.51. The first-order valence-corrected chi connectivity index (χ1v) is 36.8. The fourth-order valence-corrected chi connectivity index (χ4v) is 12.9. The molecule has 7 aromatic rings. The first-order chi connectivity index (χ1) is 51.1. The van der Waals surface area contributed by atoms with Gasteiger partial charge in [-0.15, -0.1) is 4.52 Å². The van der Waals surface area contributed by atoms with Gasteiger partial charge in [0.05, 0.1) is 91.8 Å². The molecule has 7 aromatic carbocycles. The van der Waals surface area contributed by atoms with Gasteiger partial charge in [-0.2, -0.15) is 13.2 Å². The van der Waals surface area contributed by atoms with Gasteiger partial charge in [0.15, 0.2) is 25.0 Å². The summed E-state index contributed by atoms with van der Waals surface area (Å²) in [5, 5.41) is 4.87. The normalized spacial score (nSPS) is 24.8. The SMILES string of the molecule is CC(=O)N[C@@H]1[C@H](O[C@H]2[C@H](OCc3ccccc3)[C@@H](OCc3ccccc3)[C@@H](O[C@H]3[C@H](OCCCNC(=O)C(F)(F)F)O[C@@H](C)[C@H](OCc4ccccc4)[C@H]3OCc3ccccc3)O[C@@H]2COCc2ccccc2)O[C@H](COCc2ccccc2)[C@@H](O[P+](=O)[O-])[C@@H]1OCc1ccccc1.CC[NH+](CC)CC. The Morgan fingerprint density at radius 3 is 1.21 bits per heavy atom. The third-order valence-corrected chi connectivity index (χ3v) is 18.4. The zero-order chi connectivity index (χ0) is 74.2. The monoisotopic (exact) mass is 1480 g/mol. The Morgan fingerprint density at radius 2 is 0.819 bits per heavy atom. The van der Waals surface area contributed by atoms with E-state index in [1.807, 2.05) is 218 Å². The van der Waals surface area contributed by atoms with Crippen molar-refractivity contribution in [2.75, 3.05) is 46.0 Å². The minimum absolute atomic E-state index is 0.0377. The summed E-state index contributed by atoms with van der Waals surface area (Å²) < 4.78 is 149. The highest BCUT2D eigenvalue weighted by atomic mass is 31.1. The van der Waals surface area contributed by atoms with E-state index in [2.05, 4.69) is 26.1 Å². The fraction of sp³-hybridized carbons (Fsp3) is 0.450. The van der Waals surface area contributed by atoms with Gasteiger partial charge in [-0.05, 0) is 77.6 Å². The summed E-state index contributed by atoms with van der Waals surface area (Å²) in [6.07, 6.45) is -22.7. The second-order valence-electron chi connectivity index (χ2n) is 25.6. The van der Waals surface area contributed by atoms with Crippen molar-refractivity contribution < 1.29 is 103 Å². The second-order valence-corrected chi connectivity index (χ2v) is 26.3. The molecular formula is C80H98F3N3O18P+. The number of halogens is 3. The van der Waals surface area contributed by atoms with Crippen molar-refractivity contribution in [2.24, 2.45) is 0 Å². The van der Waals surface area contributed by atoms with Crippen LogP contribution in [0.2, 0.25) is 0 Å². The number of quaternary nitrogens is 1. The van der Waals surface area contributed by atoms with Gasteiger partial charge in [-0.1, -0.05) is 212 Å². The van der Waals surface area contributed by atoms with Crippen LogP contribution in [0.3, 0.4) is 0 Å². The van der Waals surface area contributed by atoms with Crippen LogP contribution < -0.4 is 20.4 Å². The van der Waals surface area contributed by atoms with Crippen molar-refractivity contribution in [2.45, 2.75) is 186 Å². The van der Waals surface area contributed by atoms with Gasteiger partial charge in [0.1, 0.15) is 61.0 Å². The van der Waals surface area contributed by atoms with Crippen LogP contribution in [0.4, 0.5) is 13.2 Å². The standard InChI is InChI=1S/C74H82F3N2O18P.C6H15N/c1-50-62(87-43-54-29-14-5-15-30-54)66(89-45-56-33-18-7-19-34-56)69(71(92-50)86-40-24-39-78-73(81)74(75,76)77)96-72-68(91-47-58-37-22-9-23-38-58)67(90-46-57-35-20-8-21-36-57)63(59(94-72)48-84-41-52-25-10-3-11-26-52)95-70-61(79-51(2)80)65(88-44-55-31-16-6-17-32-55)64(97-98(82)83)60(93-70)49-85-42-53-27-12-4-13-28-53;1-4-7(5-2)6-3/h3-23,25-38,50,59-72H,24,39-49H2,1-2H3,(H,78,81)(H,79,80);4-6H2,1-3H3/p+1/t50-,59+,60+,61-,62-,63+,64+,65+,66+,67-,68+,69+,70-,71+,72+;/m0./s1. The summed E-state index contributed by atoms with van der Waals surface area (Å²) in [7, 11) is -3.58. The van der Waals surface area contributed by atoms with Crippen LogP contribution >= 0.6 is 8.25 Å². The lowest BCUT2D eigenvalue weighted by molar-refractivity contribution is -0.894. The Bertz CT molecular complexity index is 3570. The molecule has 566 valence electrons. The lowest BCUT2D eigenvalue weighted by atomic mass is 9.94. The van der Waals surface area contributed by atoms with Gasteiger partial charge >= 0.3 is 20.3 Å². The predicted molar refractivity (Wildman–Crippen MR) is 381 cm³/mol. The largest absolute Gasteiger partial charge is 0.566 e. The number of ether oxygens (including phenoxy) is 13. The smallest absolute Gasteiger partial charge is 0.488 e. The van der Waals surface area contributed by atoms with Crippen molar-refractivity contribution >= 4 is 20.1 Å². The van der Waals surface area contributed by atoms with Crippen LogP contribution in [0.25, 0.3) is 0 Å². The average molecular weight is 1480 g/mol. The summed E-state index contributed by atoms with van der Waals surface area (Å²) >= 11 is 0. The molecule has 1 unspecified atom stereocenters. The molecule has 3 saturated heterocycles.